The number of amides is 2. The largest absolute Gasteiger partial charge is 0.497 e. The number of ether oxygens (including phenoxy) is 1. The van der Waals surface area contributed by atoms with Crippen molar-refractivity contribution in [2.45, 2.75) is 33.3 Å². The van der Waals surface area contributed by atoms with E-state index in [9.17, 15) is 9.90 Å². The highest BCUT2D eigenvalue weighted by molar-refractivity contribution is 5.90. The van der Waals surface area contributed by atoms with Gasteiger partial charge in [0.05, 0.1) is 19.3 Å². The minimum atomic E-state index is -0.920. The second kappa shape index (κ2) is 6.61. The number of urea groups is 1. The fourth-order valence-corrected chi connectivity index (χ4v) is 1.85. The third-order valence-corrected chi connectivity index (χ3v) is 2.93. The maximum absolute atomic E-state index is 12.2. The smallest absolute Gasteiger partial charge is 0.321 e. The van der Waals surface area contributed by atoms with Gasteiger partial charge in [-0.25, -0.2) is 4.79 Å². The highest BCUT2D eigenvalue weighted by Gasteiger charge is 2.21. The lowest BCUT2D eigenvalue weighted by atomic mass is 10.1. The van der Waals surface area contributed by atoms with Crippen LogP contribution in [0.2, 0.25) is 0 Å². The maximum Gasteiger partial charge on any atom is 0.321 e. The summed E-state index contributed by atoms with van der Waals surface area (Å²) < 4.78 is 5.15. The number of carbonyl (C=O) groups excluding carboxylic acids is 1. The molecular weight excluding hydrogens is 256 g/mol. The summed E-state index contributed by atoms with van der Waals surface area (Å²) >= 11 is 0. The van der Waals surface area contributed by atoms with Crippen LogP contribution in [0.25, 0.3) is 0 Å². The Morgan fingerprint density at radius 1 is 1.45 bits per heavy atom. The van der Waals surface area contributed by atoms with Gasteiger partial charge in [0.2, 0.25) is 0 Å². The molecule has 112 valence electrons. The Hall–Kier alpha value is -1.75. The Balaban J connectivity index is 2.83. The van der Waals surface area contributed by atoms with Gasteiger partial charge in [0.1, 0.15) is 5.75 Å². The van der Waals surface area contributed by atoms with Crippen LogP contribution in [-0.4, -0.2) is 41.8 Å². The quantitative estimate of drug-likeness (QED) is 0.871. The first-order valence-electron chi connectivity index (χ1n) is 6.69. The van der Waals surface area contributed by atoms with Crippen LogP contribution in [-0.2, 0) is 0 Å². The Morgan fingerprint density at radius 3 is 2.60 bits per heavy atom. The molecule has 5 heteroatoms. The van der Waals surface area contributed by atoms with E-state index < -0.39 is 5.60 Å². The molecule has 0 saturated carbocycles. The van der Waals surface area contributed by atoms with Crippen molar-refractivity contribution in [2.75, 3.05) is 25.5 Å². The Labute approximate surface area is 120 Å². The zero-order valence-corrected chi connectivity index (χ0v) is 12.9. The summed E-state index contributed by atoms with van der Waals surface area (Å²) in [5, 5.41) is 12.7. The van der Waals surface area contributed by atoms with Crippen molar-refractivity contribution in [2.24, 2.45) is 0 Å². The van der Waals surface area contributed by atoms with Crippen molar-refractivity contribution in [1.29, 1.82) is 0 Å². The fourth-order valence-electron chi connectivity index (χ4n) is 1.85. The summed E-state index contributed by atoms with van der Waals surface area (Å²) in [6.07, 6.45) is 0. The van der Waals surface area contributed by atoms with Crippen molar-refractivity contribution >= 4 is 11.7 Å². The molecule has 0 fully saturated rings. The molecule has 1 aromatic rings. The van der Waals surface area contributed by atoms with Gasteiger partial charge >= 0.3 is 6.03 Å². The third-order valence-electron chi connectivity index (χ3n) is 2.93. The van der Waals surface area contributed by atoms with E-state index in [1.807, 2.05) is 26.0 Å². The summed E-state index contributed by atoms with van der Waals surface area (Å²) in [7, 11) is 1.59. The zero-order valence-electron chi connectivity index (χ0n) is 12.9. The minimum Gasteiger partial charge on any atom is -0.497 e. The van der Waals surface area contributed by atoms with Gasteiger partial charge in [-0.2, -0.15) is 0 Å². The van der Waals surface area contributed by atoms with Gasteiger partial charge in [0.25, 0.3) is 0 Å². The van der Waals surface area contributed by atoms with Gasteiger partial charge in [0, 0.05) is 18.3 Å². The number of rotatable bonds is 5. The van der Waals surface area contributed by atoms with Gasteiger partial charge in [-0.05, 0) is 39.3 Å². The van der Waals surface area contributed by atoms with Crippen LogP contribution in [0.15, 0.2) is 18.2 Å². The number of nitrogens with one attached hydrogen (secondary N) is 1. The monoisotopic (exact) mass is 280 g/mol. The molecule has 2 amide bonds. The molecule has 0 spiro atoms. The van der Waals surface area contributed by atoms with Crippen LogP contribution >= 0.6 is 0 Å². The standard InChI is InChI=1S/C15H24N2O3/c1-6-17(10-15(3,4)19)14(18)16-13-9-12(20-5)8-7-11(13)2/h7-9,19H,6,10H2,1-5H3,(H,16,18). The van der Waals surface area contributed by atoms with E-state index in [1.165, 1.54) is 0 Å². The van der Waals surface area contributed by atoms with E-state index in [1.54, 1.807) is 31.9 Å². The van der Waals surface area contributed by atoms with E-state index in [2.05, 4.69) is 5.32 Å². The van der Waals surface area contributed by atoms with Crippen molar-refractivity contribution in [3.8, 4) is 5.75 Å². The number of aryl methyl sites for hydroxylation is 1. The number of carbonyl (C=O) groups is 1. The minimum absolute atomic E-state index is 0.231. The SMILES string of the molecule is CCN(CC(C)(C)O)C(=O)Nc1cc(OC)ccc1C. The Morgan fingerprint density at radius 2 is 2.10 bits per heavy atom. The molecule has 0 saturated heterocycles. The number of likely N-dealkylation sites (N-methyl/N-ethyl adjacent to an activating group) is 1. The lowest BCUT2D eigenvalue weighted by Crippen LogP contribution is -2.44. The molecular formula is C15H24N2O3. The number of anilines is 1. The van der Waals surface area contributed by atoms with Crippen LogP contribution in [0.4, 0.5) is 10.5 Å². The van der Waals surface area contributed by atoms with Crippen molar-refractivity contribution in [1.82, 2.24) is 4.90 Å². The van der Waals surface area contributed by atoms with Gasteiger partial charge < -0.3 is 20.1 Å². The second-order valence-electron chi connectivity index (χ2n) is 5.44. The molecule has 5 nitrogen and oxygen atoms in total. The second-order valence-corrected chi connectivity index (χ2v) is 5.44. The Bertz CT molecular complexity index is 467. The molecule has 0 aliphatic rings. The molecule has 20 heavy (non-hydrogen) atoms. The molecule has 1 rings (SSSR count). The van der Waals surface area contributed by atoms with E-state index >= 15 is 0 Å². The van der Waals surface area contributed by atoms with Crippen molar-refractivity contribution in [3.63, 3.8) is 0 Å². The van der Waals surface area contributed by atoms with Gasteiger partial charge in [0.15, 0.2) is 0 Å². The van der Waals surface area contributed by atoms with E-state index in [0.29, 0.717) is 18.0 Å². The lowest BCUT2D eigenvalue weighted by Gasteiger charge is -2.28. The summed E-state index contributed by atoms with van der Waals surface area (Å²) in [5.41, 5.74) is 0.749. The average molecular weight is 280 g/mol. The predicted octanol–water partition coefficient (Wildman–Crippen LogP) is 2.63. The van der Waals surface area contributed by atoms with Crippen LogP contribution in [0.1, 0.15) is 26.3 Å². The maximum atomic E-state index is 12.2. The highest BCUT2D eigenvalue weighted by atomic mass is 16.5. The van der Waals surface area contributed by atoms with Crippen LogP contribution in [0, 0.1) is 6.92 Å². The van der Waals surface area contributed by atoms with Crippen molar-refractivity contribution in [3.05, 3.63) is 23.8 Å². The van der Waals surface area contributed by atoms with Crippen LogP contribution in [0.5, 0.6) is 5.75 Å². The lowest BCUT2D eigenvalue weighted by molar-refractivity contribution is 0.0501. The third kappa shape index (κ3) is 4.74. The van der Waals surface area contributed by atoms with Gasteiger partial charge in [-0.15, -0.1) is 0 Å². The normalized spacial score (nSPS) is 11.1. The molecule has 0 aliphatic carbocycles. The topological polar surface area (TPSA) is 61.8 Å². The first-order valence-corrected chi connectivity index (χ1v) is 6.69. The molecule has 0 bridgehead atoms. The molecule has 0 heterocycles. The van der Waals surface area contributed by atoms with Crippen molar-refractivity contribution < 1.29 is 14.6 Å². The fraction of sp³-hybridized carbons (Fsp3) is 0.533. The zero-order chi connectivity index (χ0) is 15.3. The highest BCUT2D eigenvalue weighted by Crippen LogP contribution is 2.22. The molecule has 0 aromatic heterocycles. The molecule has 0 radical (unpaired) electrons. The number of hydrogen-bond acceptors (Lipinski definition) is 3. The molecule has 0 unspecified atom stereocenters. The van der Waals surface area contributed by atoms with E-state index in [4.69, 9.17) is 4.74 Å². The summed E-state index contributed by atoms with van der Waals surface area (Å²) in [6.45, 7) is 7.96. The molecule has 0 aliphatic heterocycles. The molecule has 0 atom stereocenters. The summed E-state index contributed by atoms with van der Waals surface area (Å²) in [6, 6.07) is 5.29. The molecule has 2 N–H and O–H groups in total. The first kappa shape index (κ1) is 16.3. The first-order chi connectivity index (χ1) is 9.26. The molecule has 1 aromatic carbocycles. The average Bonchev–Trinajstić information content (AvgIpc) is 2.37. The summed E-state index contributed by atoms with van der Waals surface area (Å²) in [5.74, 6) is 0.691. The van der Waals surface area contributed by atoms with Crippen LogP contribution < -0.4 is 10.1 Å². The Kier molecular flexibility index (Phi) is 5.39. The van der Waals surface area contributed by atoms with Crippen LogP contribution in [0.3, 0.4) is 0 Å². The number of aliphatic hydroxyl groups is 1. The summed E-state index contributed by atoms with van der Waals surface area (Å²) in [4.78, 5) is 13.8. The number of hydrogen-bond donors (Lipinski definition) is 2. The number of nitrogens with zero attached hydrogens (tertiary/aromatic N) is 1. The van der Waals surface area contributed by atoms with E-state index in [-0.39, 0.29) is 12.6 Å². The van der Waals surface area contributed by atoms with Gasteiger partial charge in [-0.3, -0.25) is 0 Å². The van der Waals surface area contributed by atoms with Gasteiger partial charge in [-0.1, -0.05) is 6.07 Å². The number of benzene rings is 1. The predicted molar refractivity (Wildman–Crippen MR) is 80.3 cm³/mol. The number of methoxy groups -OCH3 is 1. The van der Waals surface area contributed by atoms with E-state index in [0.717, 1.165) is 5.56 Å².